The fourth-order valence-corrected chi connectivity index (χ4v) is 5.94. The van der Waals surface area contributed by atoms with Gasteiger partial charge in [-0.05, 0) is 88.1 Å². The number of carbonyl (C=O) groups is 3. The van der Waals surface area contributed by atoms with Crippen LogP contribution >= 0.6 is 0 Å². The highest BCUT2D eigenvalue weighted by molar-refractivity contribution is 6.00. The summed E-state index contributed by atoms with van der Waals surface area (Å²) in [6.45, 7) is 13.5. The summed E-state index contributed by atoms with van der Waals surface area (Å²) in [5.74, 6) is -0.308. The van der Waals surface area contributed by atoms with E-state index in [9.17, 15) is 14.4 Å². The number of esters is 1. The Morgan fingerprint density at radius 2 is 1.81 bits per heavy atom. The fourth-order valence-electron chi connectivity index (χ4n) is 5.94. The Kier molecular flexibility index (Phi) is 9.43. The summed E-state index contributed by atoms with van der Waals surface area (Å²) in [4.78, 5) is 43.6. The van der Waals surface area contributed by atoms with E-state index in [1.165, 1.54) is 7.11 Å². The molecule has 2 amide bonds. The number of methoxy groups -OCH3 is 1. The molecule has 1 aliphatic heterocycles. The monoisotopic (exact) mass is 513 g/mol. The highest BCUT2D eigenvalue weighted by atomic mass is 16.5. The average Bonchev–Trinajstić information content (AvgIpc) is 3.21. The van der Waals surface area contributed by atoms with Crippen LogP contribution in [0.4, 0.5) is 0 Å². The standard InChI is InChI=1S/C30H47N3O4/c1-9-10-20-18-24(32(7)19(2)3)11-12-26(20)33-14-13-25(28(33)35)31-27(34)21-15-22(29(36)37-8)17-23(16-21)30(4,5)6/h15-17,19-20,24-26H,9-14,18H2,1-8H3,(H,31,34)/t20-,24+,25-,26-/m0/s1. The summed E-state index contributed by atoms with van der Waals surface area (Å²) in [7, 11) is 3.54. The molecule has 2 fully saturated rings. The lowest BCUT2D eigenvalue weighted by molar-refractivity contribution is -0.133. The SMILES string of the molecule is CCC[C@H]1C[C@H](N(C)C(C)C)CC[C@@H]1N1CC[C@H](NC(=O)c2cc(C(=O)OC)cc(C(C)(C)C)c2)C1=O. The molecular weight excluding hydrogens is 466 g/mol. The van der Waals surface area contributed by atoms with Gasteiger partial charge >= 0.3 is 5.97 Å². The second-order valence-electron chi connectivity index (χ2n) is 12.2. The molecule has 1 heterocycles. The van der Waals surface area contributed by atoms with Gasteiger partial charge in [-0.1, -0.05) is 34.1 Å². The van der Waals surface area contributed by atoms with Gasteiger partial charge in [0, 0.05) is 30.2 Å². The van der Waals surface area contributed by atoms with Gasteiger partial charge in [-0.15, -0.1) is 0 Å². The predicted molar refractivity (Wildman–Crippen MR) is 147 cm³/mol. The highest BCUT2D eigenvalue weighted by Crippen LogP contribution is 2.36. The molecule has 0 spiro atoms. The zero-order valence-electron chi connectivity index (χ0n) is 24.1. The van der Waals surface area contributed by atoms with Crippen LogP contribution in [0.2, 0.25) is 0 Å². The van der Waals surface area contributed by atoms with E-state index in [4.69, 9.17) is 4.74 Å². The van der Waals surface area contributed by atoms with Crippen molar-refractivity contribution in [2.75, 3.05) is 20.7 Å². The first-order valence-corrected chi connectivity index (χ1v) is 13.9. The van der Waals surface area contributed by atoms with Crippen LogP contribution in [0.25, 0.3) is 0 Å². The average molecular weight is 514 g/mol. The number of rotatable bonds is 8. The van der Waals surface area contributed by atoms with Crippen molar-refractivity contribution in [2.45, 2.75) is 110 Å². The minimum absolute atomic E-state index is 0.0234. The number of likely N-dealkylation sites (tertiary alicyclic amines) is 1. The zero-order valence-corrected chi connectivity index (χ0v) is 24.1. The van der Waals surface area contributed by atoms with Gasteiger partial charge in [0.25, 0.3) is 5.91 Å². The van der Waals surface area contributed by atoms with Crippen LogP contribution in [0.1, 0.15) is 106 Å². The molecule has 0 unspecified atom stereocenters. The van der Waals surface area contributed by atoms with Gasteiger partial charge in [0.1, 0.15) is 6.04 Å². The van der Waals surface area contributed by atoms with Crippen molar-refractivity contribution >= 4 is 17.8 Å². The lowest BCUT2D eigenvalue weighted by Gasteiger charge is -2.44. The van der Waals surface area contributed by atoms with Crippen LogP contribution in [0.15, 0.2) is 18.2 Å². The lowest BCUT2D eigenvalue weighted by Crippen LogP contribution is -2.51. The van der Waals surface area contributed by atoms with E-state index in [0.717, 1.165) is 37.7 Å². The largest absolute Gasteiger partial charge is 0.465 e. The minimum Gasteiger partial charge on any atom is -0.465 e. The first kappa shape index (κ1) is 29.2. The fraction of sp³-hybridized carbons (Fsp3) is 0.700. The molecule has 1 saturated carbocycles. The number of ether oxygens (including phenoxy) is 1. The van der Waals surface area contributed by atoms with E-state index in [1.54, 1.807) is 12.1 Å². The van der Waals surface area contributed by atoms with Gasteiger partial charge in [-0.25, -0.2) is 4.79 Å². The van der Waals surface area contributed by atoms with E-state index < -0.39 is 12.0 Å². The molecule has 0 aromatic heterocycles. The van der Waals surface area contributed by atoms with E-state index >= 15 is 0 Å². The molecule has 1 aliphatic carbocycles. The van der Waals surface area contributed by atoms with E-state index in [1.807, 2.05) is 31.7 Å². The van der Waals surface area contributed by atoms with Crippen molar-refractivity contribution in [2.24, 2.45) is 5.92 Å². The summed E-state index contributed by atoms with van der Waals surface area (Å²) in [6.07, 6.45) is 6.05. The number of hydrogen-bond acceptors (Lipinski definition) is 5. The molecule has 1 saturated heterocycles. The van der Waals surface area contributed by atoms with Crippen molar-refractivity contribution in [1.29, 1.82) is 0 Å². The molecule has 206 valence electrons. The van der Waals surface area contributed by atoms with Crippen LogP contribution in [0.5, 0.6) is 0 Å². The van der Waals surface area contributed by atoms with Crippen LogP contribution in [-0.2, 0) is 14.9 Å². The third-order valence-electron chi connectivity index (χ3n) is 8.39. The maximum Gasteiger partial charge on any atom is 0.337 e. The van der Waals surface area contributed by atoms with Crippen molar-refractivity contribution in [3.8, 4) is 0 Å². The number of carbonyl (C=O) groups excluding carboxylic acids is 3. The Morgan fingerprint density at radius 1 is 1.14 bits per heavy atom. The number of amides is 2. The Morgan fingerprint density at radius 3 is 2.41 bits per heavy atom. The lowest BCUT2D eigenvalue weighted by atomic mass is 9.77. The van der Waals surface area contributed by atoms with Crippen LogP contribution in [0.3, 0.4) is 0 Å². The first-order valence-electron chi connectivity index (χ1n) is 13.9. The van der Waals surface area contributed by atoms with E-state index in [-0.39, 0.29) is 23.3 Å². The number of benzene rings is 1. The van der Waals surface area contributed by atoms with Gasteiger partial charge in [-0.3, -0.25) is 9.59 Å². The van der Waals surface area contributed by atoms with Crippen LogP contribution < -0.4 is 5.32 Å². The molecule has 1 aromatic rings. The topological polar surface area (TPSA) is 78.9 Å². The quantitative estimate of drug-likeness (QED) is 0.506. The Balaban J connectivity index is 1.74. The molecule has 0 bridgehead atoms. The van der Waals surface area contributed by atoms with Gasteiger partial charge in [0.05, 0.1) is 12.7 Å². The van der Waals surface area contributed by atoms with Crippen molar-refractivity contribution in [3.63, 3.8) is 0 Å². The first-order chi connectivity index (χ1) is 17.4. The van der Waals surface area contributed by atoms with Crippen molar-refractivity contribution in [3.05, 3.63) is 34.9 Å². The summed E-state index contributed by atoms with van der Waals surface area (Å²) in [6, 6.07) is 5.90. The molecule has 7 heteroatoms. The number of nitrogens with zero attached hydrogens (tertiary/aromatic N) is 2. The third-order valence-corrected chi connectivity index (χ3v) is 8.39. The van der Waals surface area contributed by atoms with E-state index in [0.29, 0.717) is 42.1 Å². The van der Waals surface area contributed by atoms with Gasteiger partial charge < -0.3 is 19.9 Å². The molecule has 3 rings (SSSR count). The number of nitrogens with one attached hydrogen (secondary N) is 1. The second-order valence-corrected chi connectivity index (χ2v) is 12.2. The molecule has 1 aromatic carbocycles. The van der Waals surface area contributed by atoms with Gasteiger partial charge in [-0.2, -0.15) is 0 Å². The van der Waals surface area contributed by atoms with E-state index in [2.05, 4.69) is 38.0 Å². The van der Waals surface area contributed by atoms with Crippen LogP contribution in [0, 0.1) is 5.92 Å². The molecular formula is C30H47N3O4. The van der Waals surface area contributed by atoms with Crippen molar-refractivity contribution < 1.29 is 19.1 Å². The molecule has 1 N–H and O–H groups in total. The summed E-state index contributed by atoms with van der Waals surface area (Å²) in [5.41, 5.74) is 1.33. The molecule has 4 atom stereocenters. The maximum atomic E-state index is 13.5. The summed E-state index contributed by atoms with van der Waals surface area (Å²) in [5, 5.41) is 2.98. The second kappa shape index (κ2) is 12.0. The van der Waals surface area contributed by atoms with Gasteiger partial charge in [0.2, 0.25) is 5.91 Å². The highest BCUT2D eigenvalue weighted by Gasteiger charge is 2.42. The predicted octanol–water partition coefficient (Wildman–Crippen LogP) is 4.78. The maximum absolute atomic E-state index is 13.5. The zero-order chi connectivity index (χ0) is 27.5. The Bertz CT molecular complexity index is 984. The van der Waals surface area contributed by atoms with Gasteiger partial charge in [0.15, 0.2) is 0 Å². The Labute approximate surface area is 223 Å². The minimum atomic E-state index is -0.536. The molecule has 2 aliphatic rings. The number of hydrogen-bond donors (Lipinski definition) is 1. The smallest absolute Gasteiger partial charge is 0.337 e. The van der Waals surface area contributed by atoms with Crippen molar-refractivity contribution in [1.82, 2.24) is 15.1 Å². The molecule has 37 heavy (non-hydrogen) atoms. The normalized spacial score (nSPS) is 24.6. The molecule has 7 nitrogen and oxygen atoms in total. The summed E-state index contributed by atoms with van der Waals surface area (Å²) >= 11 is 0. The van der Waals surface area contributed by atoms with Crippen LogP contribution in [-0.4, -0.2) is 72.5 Å². The Hall–Kier alpha value is -2.41. The third kappa shape index (κ3) is 6.73. The molecule has 0 radical (unpaired) electrons. The summed E-state index contributed by atoms with van der Waals surface area (Å²) < 4.78 is 4.90.